The zero-order valence-corrected chi connectivity index (χ0v) is 16.5. The van der Waals surface area contributed by atoms with Crippen LogP contribution in [0.15, 0.2) is 48.7 Å². The number of pyridine rings is 1. The van der Waals surface area contributed by atoms with Gasteiger partial charge in [-0.1, -0.05) is 30.3 Å². The Morgan fingerprint density at radius 1 is 1.19 bits per heavy atom. The number of hydrogen-bond donors (Lipinski definition) is 0. The van der Waals surface area contributed by atoms with Gasteiger partial charge in [-0.05, 0) is 31.0 Å². The van der Waals surface area contributed by atoms with Crippen molar-refractivity contribution in [3.05, 3.63) is 59.9 Å². The van der Waals surface area contributed by atoms with Crippen LogP contribution < -0.4 is 4.90 Å². The highest BCUT2D eigenvalue weighted by molar-refractivity contribution is 7.91. The molecule has 0 bridgehead atoms. The molecule has 1 saturated heterocycles. The van der Waals surface area contributed by atoms with Gasteiger partial charge in [-0.25, -0.2) is 13.4 Å². The monoisotopic (exact) mass is 387 g/mol. The van der Waals surface area contributed by atoms with E-state index in [1.54, 1.807) is 24.2 Å². The Morgan fingerprint density at radius 2 is 1.93 bits per heavy atom. The summed E-state index contributed by atoms with van der Waals surface area (Å²) in [7, 11) is -1.19. The molecule has 2 heterocycles. The molecule has 0 aliphatic carbocycles. The molecule has 1 aliphatic rings. The van der Waals surface area contributed by atoms with Gasteiger partial charge in [-0.15, -0.1) is 0 Å². The first-order valence-electron chi connectivity index (χ1n) is 9.12. The SMILES string of the molecule is CCN(c1ccc(C(=O)N(C)Cc2ccccc2)nc1)C1CCS(=O)(=O)C1. The second-order valence-corrected chi connectivity index (χ2v) is 9.12. The van der Waals surface area contributed by atoms with Crippen molar-refractivity contribution in [1.29, 1.82) is 0 Å². The number of hydrogen-bond acceptors (Lipinski definition) is 5. The Bertz CT molecular complexity index is 882. The molecule has 1 atom stereocenters. The molecule has 27 heavy (non-hydrogen) atoms. The second-order valence-electron chi connectivity index (χ2n) is 6.89. The van der Waals surface area contributed by atoms with Gasteiger partial charge in [0.25, 0.3) is 5.91 Å². The first-order chi connectivity index (χ1) is 12.9. The zero-order valence-electron chi connectivity index (χ0n) is 15.7. The molecule has 0 N–H and O–H groups in total. The van der Waals surface area contributed by atoms with Crippen LogP contribution in [-0.2, 0) is 16.4 Å². The molecule has 3 rings (SSSR count). The number of nitrogens with zero attached hydrogens (tertiary/aromatic N) is 3. The summed E-state index contributed by atoms with van der Waals surface area (Å²) in [5.41, 5.74) is 2.29. The average Bonchev–Trinajstić information content (AvgIpc) is 3.02. The number of sulfone groups is 1. The standard InChI is InChI=1S/C20H25N3O3S/c1-3-23(18-11-12-27(25,26)15-18)17-9-10-19(21-13-17)20(24)22(2)14-16-7-5-4-6-8-16/h4-10,13,18H,3,11-12,14-15H2,1-2H3. The van der Waals surface area contributed by atoms with E-state index in [0.29, 0.717) is 25.2 Å². The van der Waals surface area contributed by atoms with E-state index in [1.165, 1.54) is 0 Å². The van der Waals surface area contributed by atoms with E-state index in [2.05, 4.69) is 9.88 Å². The van der Waals surface area contributed by atoms with Crippen molar-refractivity contribution in [3.63, 3.8) is 0 Å². The minimum absolute atomic E-state index is 0.0240. The quantitative estimate of drug-likeness (QED) is 0.761. The lowest BCUT2D eigenvalue weighted by atomic mass is 10.2. The molecule has 1 fully saturated rings. The molecule has 2 aromatic rings. The van der Waals surface area contributed by atoms with Gasteiger partial charge in [0, 0.05) is 26.2 Å². The molecule has 1 aliphatic heterocycles. The molecular formula is C20H25N3O3S. The highest BCUT2D eigenvalue weighted by Crippen LogP contribution is 2.24. The van der Waals surface area contributed by atoms with Crippen molar-refractivity contribution in [2.45, 2.75) is 25.9 Å². The molecule has 1 aromatic carbocycles. The fraction of sp³-hybridized carbons (Fsp3) is 0.400. The lowest BCUT2D eigenvalue weighted by Gasteiger charge is -2.29. The van der Waals surface area contributed by atoms with E-state index in [0.717, 1.165) is 11.3 Å². The van der Waals surface area contributed by atoms with Gasteiger partial charge in [-0.3, -0.25) is 4.79 Å². The maximum absolute atomic E-state index is 12.6. The molecule has 6 nitrogen and oxygen atoms in total. The first kappa shape index (κ1) is 19.4. The van der Waals surface area contributed by atoms with E-state index < -0.39 is 9.84 Å². The Labute approximate surface area is 160 Å². The van der Waals surface area contributed by atoms with E-state index in [-0.39, 0.29) is 23.5 Å². The molecule has 1 unspecified atom stereocenters. The second kappa shape index (κ2) is 8.08. The number of aromatic nitrogens is 1. The lowest BCUT2D eigenvalue weighted by molar-refractivity contribution is 0.0779. The topological polar surface area (TPSA) is 70.6 Å². The first-order valence-corrected chi connectivity index (χ1v) is 10.9. The minimum atomic E-state index is -2.94. The van der Waals surface area contributed by atoms with E-state index in [1.807, 2.05) is 43.3 Å². The number of anilines is 1. The van der Waals surface area contributed by atoms with Crippen LogP contribution in [0.3, 0.4) is 0 Å². The van der Waals surface area contributed by atoms with Crippen molar-refractivity contribution in [3.8, 4) is 0 Å². The van der Waals surface area contributed by atoms with E-state index in [4.69, 9.17) is 0 Å². The Morgan fingerprint density at radius 3 is 2.48 bits per heavy atom. The summed E-state index contributed by atoms with van der Waals surface area (Å²) in [6.45, 7) is 3.21. The number of carbonyl (C=O) groups excluding carboxylic acids is 1. The van der Waals surface area contributed by atoms with Crippen LogP contribution in [0.25, 0.3) is 0 Å². The van der Waals surface area contributed by atoms with Crippen molar-refractivity contribution in [2.75, 3.05) is 30.0 Å². The summed E-state index contributed by atoms with van der Waals surface area (Å²) < 4.78 is 23.5. The number of amides is 1. The Balaban J connectivity index is 1.69. The average molecular weight is 388 g/mol. The van der Waals surface area contributed by atoms with E-state index >= 15 is 0 Å². The van der Waals surface area contributed by atoms with Crippen LogP contribution in [0, 0.1) is 0 Å². The van der Waals surface area contributed by atoms with Crippen LogP contribution in [0.5, 0.6) is 0 Å². The highest BCUT2D eigenvalue weighted by Gasteiger charge is 2.32. The van der Waals surface area contributed by atoms with Crippen LogP contribution in [-0.4, -0.2) is 55.3 Å². The van der Waals surface area contributed by atoms with Crippen molar-refractivity contribution >= 4 is 21.4 Å². The lowest BCUT2D eigenvalue weighted by Crippen LogP contribution is -2.36. The van der Waals surface area contributed by atoms with Crippen LogP contribution >= 0.6 is 0 Å². The molecule has 1 aromatic heterocycles. The van der Waals surface area contributed by atoms with Crippen LogP contribution in [0.2, 0.25) is 0 Å². The van der Waals surface area contributed by atoms with Crippen LogP contribution in [0.4, 0.5) is 5.69 Å². The molecule has 0 radical (unpaired) electrons. The van der Waals surface area contributed by atoms with Crippen molar-refractivity contribution in [1.82, 2.24) is 9.88 Å². The van der Waals surface area contributed by atoms with Gasteiger partial charge in [0.1, 0.15) is 5.69 Å². The van der Waals surface area contributed by atoms with Gasteiger partial charge in [0.15, 0.2) is 9.84 Å². The van der Waals surface area contributed by atoms with Crippen LogP contribution in [0.1, 0.15) is 29.4 Å². The third kappa shape index (κ3) is 4.66. The molecular weight excluding hydrogens is 362 g/mol. The minimum Gasteiger partial charge on any atom is -0.367 e. The smallest absolute Gasteiger partial charge is 0.272 e. The summed E-state index contributed by atoms with van der Waals surface area (Å²) in [5.74, 6) is 0.279. The molecule has 1 amide bonds. The predicted molar refractivity (Wildman–Crippen MR) is 107 cm³/mol. The molecule has 144 valence electrons. The highest BCUT2D eigenvalue weighted by atomic mass is 32.2. The normalized spacial score (nSPS) is 18.2. The molecule has 7 heteroatoms. The number of carbonyl (C=O) groups is 1. The largest absolute Gasteiger partial charge is 0.367 e. The predicted octanol–water partition coefficient (Wildman–Crippen LogP) is 2.37. The van der Waals surface area contributed by atoms with Gasteiger partial charge >= 0.3 is 0 Å². The van der Waals surface area contributed by atoms with Crippen molar-refractivity contribution < 1.29 is 13.2 Å². The maximum Gasteiger partial charge on any atom is 0.272 e. The molecule has 0 saturated carbocycles. The summed E-state index contributed by atoms with van der Waals surface area (Å²) in [6.07, 6.45) is 2.30. The van der Waals surface area contributed by atoms with Gasteiger partial charge in [0.2, 0.25) is 0 Å². The van der Waals surface area contributed by atoms with Gasteiger partial charge < -0.3 is 9.80 Å². The third-order valence-corrected chi connectivity index (χ3v) is 6.65. The number of benzene rings is 1. The fourth-order valence-corrected chi connectivity index (χ4v) is 5.21. The summed E-state index contributed by atoms with van der Waals surface area (Å²) in [6, 6.07) is 13.3. The summed E-state index contributed by atoms with van der Waals surface area (Å²) in [4.78, 5) is 20.6. The van der Waals surface area contributed by atoms with E-state index in [9.17, 15) is 13.2 Å². The maximum atomic E-state index is 12.6. The molecule has 0 spiro atoms. The summed E-state index contributed by atoms with van der Waals surface area (Å²) >= 11 is 0. The van der Waals surface area contributed by atoms with Gasteiger partial charge in [0.05, 0.1) is 23.4 Å². The fourth-order valence-electron chi connectivity index (χ4n) is 3.48. The Hall–Kier alpha value is -2.41. The van der Waals surface area contributed by atoms with Crippen molar-refractivity contribution in [2.24, 2.45) is 0 Å². The Kier molecular flexibility index (Phi) is 5.79. The summed E-state index contributed by atoms with van der Waals surface area (Å²) in [5, 5.41) is 0. The zero-order chi connectivity index (χ0) is 19.4. The third-order valence-electron chi connectivity index (χ3n) is 4.90. The van der Waals surface area contributed by atoms with Gasteiger partial charge in [-0.2, -0.15) is 0 Å². The number of rotatable bonds is 6.